The van der Waals surface area contributed by atoms with Gasteiger partial charge in [-0.3, -0.25) is 0 Å². The van der Waals surface area contributed by atoms with E-state index in [-0.39, 0.29) is 17.6 Å². The van der Waals surface area contributed by atoms with Gasteiger partial charge in [-0.2, -0.15) is 0 Å². The first-order valence-electron chi connectivity index (χ1n) is 11.6. The summed E-state index contributed by atoms with van der Waals surface area (Å²) < 4.78 is 6.42. The van der Waals surface area contributed by atoms with Gasteiger partial charge in [-0.25, -0.2) is 4.79 Å². The molecule has 3 aliphatic rings. The second-order valence-electron chi connectivity index (χ2n) is 9.36. The Hall–Kier alpha value is -1.97. The molecule has 29 heavy (non-hydrogen) atoms. The molecule has 0 amide bonds. The van der Waals surface area contributed by atoms with E-state index in [1.165, 1.54) is 25.7 Å². The van der Waals surface area contributed by atoms with Gasteiger partial charge in [0.25, 0.3) is 0 Å². The maximum absolute atomic E-state index is 13.4. The molecule has 2 saturated carbocycles. The number of anilines is 1. The lowest BCUT2D eigenvalue weighted by atomic mass is 9.70. The van der Waals surface area contributed by atoms with Crippen molar-refractivity contribution in [2.24, 2.45) is 11.8 Å². The lowest BCUT2D eigenvalue weighted by molar-refractivity contribution is -0.176. The molecule has 158 valence electrons. The number of hydrogen-bond donors (Lipinski definition) is 2. The van der Waals surface area contributed by atoms with Gasteiger partial charge < -0.3 is 15.6 Å². The van der Waals surface area contributed by atoms with Crippen molar-refractivity contribution in [3.8, 4) is 0 Å². The minimum absolute atomic E-state index is 0.166. The third kappa shape index (κ3) is 3.78. The Morgan fingerprint density at radius 3 is 2.28 bits per heavy atom. The Bertz CT molecular complexity index is 756. The molecule has 1 aromatic carbocycles. The van der Waals surface area contributed by atoms with E-state index in [1.54, 1.807) is 0 Å². The fourth-order valence-electron chi connectivity index (χ4n) is 6.24. The number of aliphatic hydroxyl groups is 1. The molecular weight excluding hydrogens is 362 g/mol. The number of nitrogen functional groups attached to an aromatic ring is 1. The van der Waals surface area contributed by atoms with Crippen LogP contribution in [0.5, 0.6) is 0 Å². The summed E-state index contributed by atoms with van der Waals surface area (Å²) in [5, 5.41) is 11.3. The first-order valence-corrected chi connectivity index (χ1v) is 11.6. The monoisotopic (exact) mass is 397 g/mol. The summed E-state index contributed by atoms with van der Waals surface area (Å²) in [6.07, 6.45) is 11.5. The minimum atomic E-state index is -0.496. The van der Waals surface area contributed by atoms with E-state index in [0.29, 0.717) is 29.5 Å². The number of rotatable bonds is 6. The molecule has 1 unspecified atom stereocenters. The fourth-order valence-corrected chi connectivity index (χ4v) is 6.24. The maximum atomic E-state index is 13.4. The first-order chi connectivity index (χ1) is 14.0. The van der Waals surface area contributed by atoms with Gasteiger partial charge in [0.15, 0.2) is 0 Å². The summed E-state index contributed by atoms with van der Waals surface area (Å²) in [7, 11) is 0. The van der Waals surface area contributed by atoms with Crippen LogP contribution >= 0.6 is 0 Å². The van der Waals surface area contributed by atoms with E-state index in [9.17, 15) is 9.90 Å². The van der Waals surface area contributed by atoms with Crippen LogP contribution in [0.2, 0.25) is 0 Å². The van der Waals surface area contributed by atoms with Crippen molar-refractivity contribution >= 4 is 11.7 Å². The van der Waals surface area contributed by atoms with Crippen molar-refractivity contribution in [2.75, 3.05) is 5.73 Å². The number of hydrogen-bond acceptors (Lipinski definition) is 4. The van der Waals surface area contributed by atoms with Crippen LogP contribution in [-0.2, 0) is 9.53 Å². The molecule has 2 aliphatic carbocycles. The van der Waals surface area contributed by atoms with Crippen molar-refractivity contribution in [1.29, 1.82) is 0 Å². The molecule has 1 heterocycles. The molecule has 1 atom stereocenters. The van der Waals surface area contributed by atoms with E-state index in [1.807, 2.05) is 24.3 Å². The smallest absolute Gasteiger partial charge is 0.338 e. The van der Waals surface area contributed by atoms with Gasteiger partial charge in [0.2, 0.25) is 0 Å². The Kier molecular flexibility index (Phi) is 5.89. The van der Waals surface area contributed by atoms with Gasteiger partial charge in [-0.05, 0) is 61.6 Å². The predicted molar refractivity (Wildman–Crippen MR) is 116 cm³/mol. The van der Waals surface area contributed by atoms with Crippen molar-refractivity contribution < 1.29 is 14.6 Å². The van der Waals surface area contributed by atoms with Gasteiger partial charge in [0.05, 0.1) is 5.57 Å². The Labute approximate surface area is 174 Å². The molecule has 0 aromatic heterocycles. The number of cyclic esters (lactones) is 1. The maximum Gasteiger partial charge on any atom is 0.338 e. The topological polar surface area (TPSA) is 72.5 Å². The summed E-state index contributed by atoms with van der Waals surface area (Å²) in [6, 6.07) is 7.69. The average molecular weight is 398 g/mol. The zero-order valence-electron chi connectivity index (χ0n) is 17.7. The summed E-state index contributed by atoms with van der Waals surface area (Å²) >= 11 is 0. The van der Waals surface area contributed by atoms with Gasteiger partial charge in [-0.1, -0.05) is 51.2 Å². The molecule has 4 heteroatoms. The van der Waals surface area contributed by atoms with Crippen LogP contribution < -0.4 is 5.73 Å². The molecule has 0 saturated heterocycles. The molecule has 4 rings (SSSR count). The second-order valence-corrected chi connectivity index (χ2v) is 9.36. The lowest BCUT2D eigenvalue weighted by Gasteiger charge is -2.46. The van der Waals surface area contributed by atoms with Crippen LogP contribution in [-0.4, -0.2) is 16.7 Å². The molecule has 4 nitrogen and oxygen atoms in total. The molecule has 0 radical (unpaired) electrons. The van der Waals surface area contributed by atoms with E-state index < -0.39 is 5.60 Å². The van der Waals surface area contributed by atoms with Crippen molar-refractivity contribution in [3.63, 3.8) is 0 Å². The van der Waals surface area contributed by atoms with E-state index >= 15 is 0 Å². The standard InChI is InChI=1S/C25H35NO3/c1-2-8-21(17-9-7-14-20(26)15-17)23-22(27)16-25(29-24(23)28,18-10-3-4-11-18)19-12-5-6-13-19/h7,9,14-15,18-19,21,27H,2-6,8,10-13,16,26H2,1H3. The summed E-state index contributed by atoms with van der Waals surface area (Å²) in [6.45, 7) is 2.10. The minimum Gasteiger partial charge on any atom is -0.512 e. The number of esters is 1. The van der Waals surface area contributed by atoms with Crippen LogP contribution in [0.15, 0.2) is 35.6 Å². The Morgan fingerprint density at radius 1 is 1.14 bits per heavy atom. The molecule has 1 aliphatic heterocycles. The highest BCUT2D eigenvalue weighted by Crippen LogP contribution is 2.53. The summed E-state index contributed by atoms with van der Waals surface area (Å²) in [5.41, 5.74) is 7.64. The Balaban J connectivity index is 1.72. The number of carbonyl (C=O) groups excluding carboxylic acids is 1. The van der Waals surface area contributed by atoms with E-state index in [4.69, 9.17) is 10.5 Å². The molecule has 1 aromatic rings. The number of benzene rings is 1. The highest BCUT2D eigenvalue weighted by atomic mass is 16.6. The zero-order chi connectivity index (χ0) is 20.4. The number of nitrogens with two attached hydrogens (primary N) is 1. The number of aliphatic hydroxyl groups excluding tert-OH is 1. The van der Waals surface area contributed by atoms with Crippen LogP contribution in [0.25, 0.3) is 0 Å². The van der Waals surface area contributed by atoms with E-state index in [0.717, 1.165) is 44.1 Å². The zero-order valence-corrected chi connectivity index (χ0v) is 17.7. The normalized spacial score (nSPS) is 24.1. The van der Waals surface area contributed by atoms with Crippen LogP contribution in [0.4, 0.5) is 5.69 Å². The van der Waals surface area contributed by atoms with Crippen LogP contribution in [0.1, 0.15) is 89.0 Å². The summed E-state index contributed by atoms with van der Waals surface area (Å²) in [4.78, 5) is 13.4. The van der Waals surface area contributed by atoms with Crippen molar-refractivity contribution in [1.82, 2.24) is 0 Å². The molecular formula is C25H35NO3. The van der Waals surface area contributed by atoms with Crippen LogP contribution in [0, 0.1) is 11.8 Å². The fraction of sp³-hybridized carbons (Fsp3) is 0.640. The second kappa shape index (κ2) is 8.41. The van der Waals surface area contributed by atoms with Crippen LogP contribution in [0.3, 0.4) is 0 Å². The van der Waals surface area contributed by atoms with Crippen molar-refractivity contribution in [2.45, 2.75) is 89.1 Å². The highest BCUT2D eigenvalue weighted by Gasteiger charge is 2.54. The Morgan fingerprint density at radius 2 is 1.76 bits per heavy atom. The highest BCUT2D eigenvalue weighted by molar-refractivity contribution is 5.92. The molecule has 2 fully saturated rings. The van der Waals surface area contributed by atoms with E-state index in [2.05, 4.69) is 6.92 Å². The lowest BCUT2D eigenvalue weighted by Crippen LogP contribution is -2.51. The number of ether oxygens (including phenoxy) is 1. The van der Waals surface area contributed by atoms with Crippen molar-refractivity contribution in [3.05, 3.63) is 41.2 Å². The summed E-state index contributed by atoms with van der Waals surface area (Å²) in [5.74, 6) is 0.570. The largest absolute Gasteiger partial charge is 0.512 e. The third-order valence-electron chi connectivity index (χ3n) is 7.59. The SMILES string of the molecule is CCCC(C1=C(O)CC(C2CCCC2)(C2CCCC2)OC1=O)c1cccc(N)c1. The van der Waals surface area contributed by atoms with Gasteiger partial charge in [0.1, 0.15) is 11.4 Å². The first kappa shape index (κ1) is 20.3. The quantitative estimate of drug-likeness (QED) is 0.454. The molecule has 0 bridgehead atoms. The predicted octanol–water partition coefficient (Wildman–Crippen LogP) is 6.03. The molecule has 3 N–H and O–H groups in total. The van der Waals surface area contributed by atoms with Gasteiger partial charge >= 0.3 is 5.97 Å². The molecule has 0 spiro atoms. The number of carbonyl (C=O) groups is 1. The van der Waals surface area contributed by atoms with Gasteiger partial charge in [0, 0.05) is 18.0 Å². The average Bonchev–Trinajstić information content (AvgIpc) is 3.41. The third-order valence-corrected chi connectivity index (χ3v) is 7.59. The van der Waals surface area contributed by atoms with Gasteiger partial charge in [-0.15, -0.1) is 0 Å².